The van der Waals surface area contributed by atoms with Crippen LogP contribution < -0.4 is 0 Å². The Balaban J connectivity index is 2.89. The Bertz CT molecular complexity index is 274. The maximum absolute atomic E-state index is 5.74. The standard InChI is InChI=1S/C10H11ClO/c1-8(7-12-2)9-3-5-10(11)6-4-9/h3-7H,1-2H3/b8-7+. The van der Waals surface area contributed by atoms with E-state index in [4.69, 9.17) is 16.3 Å². The van der Waals surface area contributed by atoms with Gasteiger partial charge in [-0.25, -0.2) is 0 Å². The van der Waals surface area contributed by atoms with Crippen molar-refractivity contribution in [1.82, 2.24) is 0 Å². The van der Waals surface area contributed by atoms with E-state index in [1.807, 2.05) is 31.2 Å². The number of hydrogen-bond donors (Lipinski definition) is 0. The minimum Gasteiger partial charge on any atom is -0.504 e. The zero-order valence-corrected chi connectivity index (χ0v) is 7.93. The largest absolute Gasteiger partial charge is 0.504 e. The first-order valence-electron chi connectivity index (χ1n) is 3.69. The van der Waals surface area contributed by atoms with Crippen molar-refractivity contribution in [2.24, 2.45) is 0 Å². The number of rotatable bonds is 2. The van der Waals surface area contributed by atoms with Gasteiger partial charge in [0.05, 0.1) is 13.4 Å². The Morgan fingerprint density at radius 1 is 1.33 bits per heavy atom. The summed E-state index contributed by atoms with van der Waals surface area (Å²) >= 11 is 5.74. The van der Waals surface area contributed by atoms with Crippen molar-refractivity contribution in [3.8, 4) is 0 Å². The lowest BCUT2D eigenvalue weighted by atomic mass is 10.1. The molecule has 0 aromatic heterocycles. The number of ether oxygens (including phenoxy) is 1. The molecule has 0 bridgehead atoms. The number of hydrogen-bond acceptors (Lipinski definition) is 1. The Morgan fingerprint density at radius 2 is 1.92 bits per heavy atom. The SMILES string of the molecule is CO/C=C(\C)c1ccc(Cl)cc1. The molecule has 0 saturated carbocycles. The van der Waals surface area contributed by atoms with Crippen LogP contribution in [0.4, 0.5) is 0 Å². The molecule has 1 rings (SSSR count). The summed E-state index contributed by atoms with van der Waals surface area (Å²) in [5.74, 6) is 0. The predicted octanol–water partition coefficient (Wildman–Crippen LogP) is 3.35. The van der Waals surface area contributed by atoms with Gasteiger partial charge in [0.2, 0.25) is 0 Å². The van der Waals surface area contributed by atoms with Crippen LogP contribution in [0.15, 0.2) is 30.5 Å². The summed E-state index contributed by atoms with van der Waals surface area (Å²) in [5.41, 5.74) is 2.22. The smallest absolute Gasteiger partial charge is 0.0859 e. The molecular weight excluding hydrogens is 172 g/mol. The minimum atomic E-state index is 0.754. The molecule has 0 aliphatic carbocycles. The minimum absolute atomic E-state index is 0.754. The summed E-state index contributed by atoms with van der Waals surface area (Å²) in [6.45, 7) is 1.99. The molecule has 0 saturated heterocycles. The van der Waals surface area contributed by atoms with Crippen LogP contribution in [0.25, 0.3) is 5.57 Å². The monoisotopic (exact) mass is 182 g/mol. The van der Waals surface area contributed by atoms with Crippen LogP contribution in [0.2, 0.25) is 5.02 Å². The van der Waals surface area contributed by atoms with Crippen molar-refractivity contribution in [2.75, 3.05) is 7.11 Å². The molecule has 0 amide bonds. The summed E-state index contributed by atoms with van der Waals surface area (Å²) in [7, 11) is 1.64. The number of benzene rings is 1. The van der Waals surface area contributed by atoms with Crippen molar-refractivity contribution in [1.29, 1.82) is 0 Å². The molecule has 12 heavy (non-hydrogen) atoms. The summed E-state index contributed by atoms with van der Waals surface area (Å²) in [4.78, 5) is 0. The van der Waals surface area contributed by atoms with Crippen LogP contribution in [0.1, 0.15) is 12.5 Å². The van der Waals surface area contributed by atoms with Crippen LogP contribution in [0, 0.1) is 0 Å². The number of allylic oxidation sites excluding steroid dienone is 1. The molecule has 2 heteroatoms. The van der Waals surface area contributed by atoms with Gasteiger partial charge in [-0.15, -0.1) is 0 Å². The maximum Gasteiger partial charge on any atom is 0.0859 e. The Hall–Kier alpha value is -0.950. The fourth-order valence-corrected chi connectivity index (χ4v) is 1.08. The molecule has 0 unspecified atom stereocenters. The summed E-state index contributed by atoms with van der Waals surface area (Å²) < 4.78 is 4.89. The molecule has 0 atom stereocenters. The predicted molar refractivity (Wildman–Crippen MR) is 52.1 cm³/mol. The van der Waals surface area contributed by atoms with E-state index in [2.05, 4.69) is 0 Å². The molecule has 0 heterocycles. The van der Waals surface area contributed by atoms with Gasteiger partial charge in [0.25, 0.3) is 0 Å². The van der Waals surface area contributed by atoms with E-state index < -0.39 is 0 Å². The van der Waals surface area contributed by atoms with Gasteiger partial charge in [-0.3, -0.25) is 0 Å². The van der Waals surface area contributed by atoms with Crippen molar-refractivity contribution in [3.05, 3.63) is 41.1 Å². The second kappa shape index (κ2) is 4.17. The van der Waals surface area contributed by atoms with Gasteiger partial charge < -0.3 is 4.74 Å². The van der Waals surface area contributed by atoms with Crippen LogP contribution in [0.3, 0.4) is 0 Å². The first-order chi connectivity index (χ1) is 5.74. The zero-order chi connectivity index (χ0) is 8.97. The molecule has 0 spiro atoms. The molecular formula is C10H11ClO. The average molecular weight is 183 g/mol. The Kier molecular flexibility index (Phi) is 3.18. The molecule has 1 nitrogen and oxygen atoms in total. The summed E-state index contributed by atoms with van der Waals surface area (Å²) in [6.07, 6.45) is 1.71. The van der Waals surface area contributed by atoms with E-state index in [0.29, 0.717) is 0 Å². The normalized spacial score (nSPS) is 11.4. The van der Waals surface area contributed by atoms with Crippen molar-refractivity contribution >= 4 is 17.2 Å². The summed E-state index contributed by atoms with van der Waals surface area (Å²) in [6, 6.07) is 7.66. The maximum atomic E-state index is 5.74. The van der Waals surface area contributed by atoms with Crippen molar-refractivity contribution in [2.45, 2.75) is 6.92 Å². The van der Waals surface area contributed by atoms with Crippen LogP contribution >= 0.6 is 11.6 Å². The number of methoxy groups -OCH3 is 1. The first-order valence-corrected chi connectivity index (χ1v) is 4.07. The molecule has 64 valence electrons. The van der Waals surface area contributed by atoms with Gasteiger partial charge in [-0.2, -0.15) is 0 Å². The topological polar surface area (TPSA) is 9.23 Å². The Morgan fingerprint density at radius 3 is 2.42 bits per heavy atom. The average Bonchev–Trinajstić information content (AvgIpc) is 2.06. The van der Waals surface area contributed by atoms with E-state index in [1.54, 1.807) is 13.4 Å². The van der Waals surface area contributed by atoms with Crippen molar-refractivity contribution < 1.29 is 4.74 Å². The molecule has 0 fully saturated rings. The van der Waals surface area contributed by atoms with E-state index in [-0.39, 0.29) is 0 Å². The van der Waals surface area contributed by atoms with Gasteiger partial charge in [0.15, 0.2) is 0 Å². The van der Waals surface area contributed by atoms with Gasteiger partial charge in [0, 0.05) is 5.02 Å². The zero-order valence-electron chi connectivity index (χ0n) is 7.17. The van der Waals surface area contributed by atoms with Gasteiger partial charge in [-0.1, -0.05) is 23.7 Å². The molecule has 0 N–H and O–H groups in total. The highest BCUT2D eigenvalue weighted by Gasteiger charge is 1.94. The third-order valence-electron chi connectivity index (χ3n) is 1.59. The number of halogens is 1. The third kappa shape index (κ3) is 2.28. The quantitative estimate of drug-likeness (QED) is 0.638. The first kappa shape index (κ1) is 9.14. The lowest BCUT2D eigenvalue weighted by molar-refractivity contribution is 0.339. The van der Waals surface area contributed by atoms with E-state index in [0.717, 1.165) is 16.2 Å². The van der Waals surface area contributed by atoms with Crippen molar-refractivity contribution in [3.63, 3.8) is 0 Å². The van der Waals surface area contributed by atoms with Gasteiger partial charge >= 0.3 is 0 Å². The second-order valence-corrected chi connectivity index (χ2v) is 2.98. The van der Waals surface area contributed by atoms with E-state index >= 15 is 0 Å². The summed E-state index contributed by atoms with van der Waals surface area (Å²) in [5, 5.41) is 0.754. The molecule has 0 aliphatic heterocycles. The van der Waals surface area contributed by atoms with Gasteiger partial charge in [-0.05, 0) is 30.2 Å². The molecule has 1 aromatic carbocycles. The fourth-order valence-electron chi connectivity index (χ4n) is 0.958. The van der Waals surface area contributed by atoms with E-state index in [1.165, 1.54) is 0 Å². The fraction of sp³-hybridized carbons (Fsp3) is 0.200. The molecule has 0 aliphatic rings. The highest BCUT2D eigenvalue weighted by Crippen LogP contribution is 2.16. The van der Waals surface area contributed by atoms with Gasteiger partial charge in [0.1, 0.15) is 0 Å². The van der Waals surface area contributed by atoms with E-state index in [9.17, 15) is 0 Å². The van der Waals surface area contributed by atoms with Crippen LogP contribution in [0.5, 0.6) is 0 Å². The van der Waals surface area contributed by atoms with Crippen LogP contribution in [-0.2, 0) is 4.74 Å². The highest BCUT2D eigenvalue weighted by atomic mass is 35.5. The Labute approximate surface area is 77.6 Å². The molecule has 0 radical (unpaired) electrons. The van der Waals surface area contributed by atoms with Crippen LogP contribution in [-0.4, -0.2) is 7.11 Å². The lowest BCUT2D eigenvalue weighted by Crippen LogP contribution is -1.79. The second-order valence-electron chi connectivity index (χ2n) is 2.54. The molecule has 1 aromatic rings. The third-order valence-corrected chi connectivity index (χ3v) is 1.85. The lowest BCUT2D eigenvalue weighted by Gasteiger charge is -2.00. The highest BCUT2D eigenvalue weighted by molar-refractivity contribution is 6.30.